The number of carbonyl (C=O) groups excluding carboxylic acids is 1. The number of hydrogen-bond donors (Lipinski definition) is 0. The van der Waals surface area contributed by atoms with E-state index in [1.165, 1.54) is 0 Å². The Morgan fingerprint density at radius 1 is 1.38 bits per heavy atom. The molecule has 0 N–H and O–H groups in total. The Balaban J connectivity index is 3.40. The van der Waals surface area contributed by atoms with Gasteiger partial charge in [0.1, 0.15) is 0 Å². The molecule has 2 nitrogen and oxygen atoms in total. The third-order valence-electron chi connectivity index (χ3n) is 1.34. The number of hydrogen-bond acceptors (Lipinski definition) is 2. The van der Waals surface area contributed by atoms with E-state index in [0.717, 1.165) is 12.4 Å². The molecule has 70 valence electrons. The van der Waals surface area contributed by atoms with Gasteiger partial charge in [-0.2, -0.15) is 13.2 Å². The lowest BCUT2D eigenvalue weighted by Gasteiger charge is -2.09. The van der Waals surface area contributed by atoms with Crippen LogP contribution in [0.4, 0.5) is 13.2 Å². The zero-order valence-electron chi connectivity index (χ0n) is 6.10. The molecule has 0 spiro atoms. The molecule has 0 atom stereocenters. The molecule has 1 heterocycles. The molecule has 0 radical (unpaired) electrons. The largest absolute Gasteiger partial charge is 0.418 e. The van der Waals surface area contributed by atoms with Gasteiger partial charge in [0.05, 0.1) is 10.6 Å². The first-order chi connectivity index (χ1) is 5.96. The highest BCUT2D eigenvalue weighted by atomic mass is 35.5. The highest BCUT2D eigenvalue weighted by molar-refractivity contribution is 6.31. The quantitative estimate of drug-likeness (QED) is 0.666. The summed E-state index contributed by atoms with van der Waals surface area (Å²) in [5.41, 5.74) is -1.70. The van der Waals surface area contributed by atoms with Crippen LogP contribution >= 0.6 is 11.6 Å². The summed E-state index contributed by atoms with van der Waals surface area (Å²) < 4.78 is 36.7. The SMILES string of the molecule is O=Cc1cncc(Cl)c1C(F)(F)F. The van der Waals surface area contributed by atoms with Crippen molar-refractivity contribution in [3.8, 4) is 0 Å². The summed E-state index contributed by atoms with van der Waals surface area (Å²) in [7, 11) is 0. The lowest BCUT2D eigenvalue weighted by molar-refractivity contribution is -0.137. The molecule has 0 aliphatic heterocycles. The highest BCUT2D eigenvalue weighted by Gasteiger charge is 2.36. The second kappa shape index (κ2) is 3.33. The standard InChI is InChI=1S/C7H3ClF3NO/c8-5-2-12-1-4(3-13)6(5)7(9,10)11/h1-3H. The van der Waals surface area contributed by atoms with Crippen LogP contribution in [0.3, 0.4) is 0 Å². The predicted molar refractivity (Wildman–Crippen MR) is 39.6 cm³/mol. The van der Waals surface area contributed by atoms with Gasteiger partial charge >= 0.3 is 6.18 Å². The topological polar surface area (TPSA) is 30.0 Å². The first-order valence-electron chi connectivity index (χ1n) is 3.12. The van der Waals surface area contributed by atoms with Gasteiger partial charge in [-0.15, -0.1) is 0 Å². The van der Waals surface area contributed by atoms with E-state index < -0.39 is 22.3 Å². The third kappa shape index (κ3) is 1.98. The Bertz CT molecular complexity index is 337. The van der Waals surface area contributed by atoms with Crippen molar-refractivity contribution >= 4 is 17.9 Å². The van der Waals surface area contributed by atoms with Crippen molar-refractivity contribution in [1.29, 1.82) is 0 Å². The summed E-state index contributed by atoms with van der Waals surface area (Å²) in [6, 6.07) is 0. The zero-order valence-corrected chi connectivity index (χ0v) is 6.86. The Morgan fingerprint density at radius 2 is 2.00 bits per heavy atom. The highest BCUT2D eigenvalue weighted by Crippen LogP contribution is 2.35. The van der Waals surface area contributed by atoms with Crippen molar-refractivity contribution in [1.82, 2.24) is 4.98 Å². The van der Waals surface area contributed by atoms with Crippen molar-refractivity contribution in [2.24, 2.45) is 0 Å². The molecule has 0 aliphatic carbocycles. The van der Waals surface area contributed by atoms with Gasteiger partial charge in [0.25, 0.3) is 0 Å². The minimum Gasteiger partial charge on any atom is -0.298 e. The van der Waals surface area contributed by atoms with Crippen molar-refractivity contribution in [3.05, 3.63) is 28.5 Å². The van der Waals surface area contributed by atoms with Gasteiger partial charge in [0.15, 0.2) is 6.29 Å². The van der Waals surface area contributed by atoms with Crippen LogP contribution in [-0.4, -0.2) is 11.3 Å². The van der Waals surface area contributed by atoms with Gasteiger partial charge < -0.3 is 0 Å². The number of alkyl halides is 3. The average molecular weight is 210 g/mol. The van der Waals surface area contributed by atoms with Gasteiger partial charge in [-0.25, -0.2) is 0 Å². The molecule has 0 aliphatic rings. The van der Waals surface area contributed by atoms with E-state index in [9.17, 15) is 18.0 Å². The van der Waals surface area contributed by atoms with E-state index >= 15 is 0 Å². The lowest BCUT2D eigenvalue weighted by atomic mass is 10.1. The van der Waals surface area contributed by atoms with E-state index in [0.29, 0.717) is 0 Å². The number of pyridine rings is 1. The molecule has 0 saturated carbocycles. The Labute approximate surface area is 76.3 Å². The molecular formula is C7H3ClF3NO. The van der Waals surface area contributed by atoms with E-state index in [-0.39, 0.29) is 6.29 Å². The summed E-state index contributed by atoms with van der Waals surface area (Å²) in [5.74, 6) is 0. The van der Waals surface area contributed by atoms with E-state index in [2.05, 4.69) is 4.98 Å². The van der Waals surface area contributed by atoms with Crippen LogP contribution in [0, 0.1) is 0 Å². The molecule has 6 heteroatoms. The average Bonchev–Trinajstić information content (AvgIpc) is 2.01. The Morgan fingerprint density at radius 3 is 2.38 bits per heavy atom. The van der Waals surface area contributed by atoms with Gasteiger partial charge in [-0.1, -0.05) is 11.6 Å². The van der Waals surface area contributed by atoms with Crippen LogP contribution < -0.4 is 0 Å². The minimum absolute atomic E-state index is 0.0711. The summed E-state index contributed by atoms with van der Waals surface area (Å²) in [6.07, 6.45) is -2.89. The molecular weight excluding hydrogens is 207 g/mol. The second-order valence-electron chi connectivity index (χ2n) is 2.20. The van der Waals surface area contributed by atoms with Gasteiger partial charge in [0, 0.05) is 18.0 Å². The Kier molecular flexibility index (Phi) is 2.56. The first-order valence-corrected chi connectivity index (χ1v) is 3.50. The molecule has 0 aromatic carbocycles. The van der Waals surface area contributed by atoms with Crippen LogP contribution in [0.2, 0.25) is 5.02 Å². The summed E-state index contributed by atoms with van der Waals surface area (Å²) >= 11 is 5.25. The fourth-order valence-corrected chi connectivity index (χ4v) is 1.11. The van der Waals surface area contributed by atoms with Crippen LogP contribution in [0.5, 0.6) is 0 Å². The van der Waals surface area contributed by atoms with E-state index in [1.807, 2.05) is 0 Å². The molecule has 0 saturated heterocycles. The fraction of sp³-hybridized carbons (Fsp3) is 0.143. The number of aldehydes is 1. The predicted octanol–water partition coefficient (Wildman–Crippen LogP) is 2.57. The molecule has 1 aromatic heterocycles. The van der Waals surface area contributed by atoms with Gasteiger partial charge in [-0.3, -0.25) is 9.78 Å². The zero-order chi connectivity index (χ0) is 10.1. The summed E-state index contributed by atoms with van der Waals surface area (Å²) in [5, 5.41) is -0.572. The minimum atomic E-state index is -4.63. The van der Waals surface area contributed by atoms with Gasteiger partial charge in [-0.05, 0) is 0 Å². The number of carbonyl (C=O) groups is 1. The van der Waals surface area contributed by atoms with Crippen molar-refractivity contribution in [2.45, 2.75) is 6.18 Å². The smallest absolute Gasteiger partial charge is 0.298 e. The Hall–Kier alpha value is -1.10. The van der Waals surface area contributed by atoms with Crippen LogP contribution in [0.15, 0.2) is 12.4 Å². The maximum absolute atomic E-state index is 12.2. The number of aromatic nitrogens is 1. The van der Waals surface area contributed by atoms with Crippen LogP contribution in [-0.2, 0) is 6.18 Å². The van der Waals surface area contributed by atoms with Crippen molar-refractivity contribution < 1.29 is 18.0 Å². The molecule has 0 amide bonds. The number of rotatable bonds is 1. The number of halogens is 4. The van der Waals surface area contributed by atoms with Gasteiger partial charge in [0.2, 0.25) is 0 Å². The fourth-order valence-electron chi connectivity index (χ4n) is 0.838. The summed E-state index contributed by atoms with van der Waals surface area (Å²) in [6.45, 7) is 0. The van der Waals surface area contributed by atoms with Crippen LogP contribution in [0.25, 0.3) is 0 Å². The normalized spacial score (nSPS) is 11.4. The van der Waals surface area contributed by atoms with E-state index in [4.69, 9.17) is 11.6 Å². The monoisotopic (exact) mass is 209 g/mol. The maximum Gasteiger partial charge on any atom is 0.418 e. The lowest BCUT2D eigenvalue weighted by Crippen LogP contribution is -2.10. The molecule has 13 heavy (non-hydrogen) atoms. The molecule has 0 unspecified atom stereocenters. The molecule has 1 rings (SSSR count). The third-order valence-corrected chi connectivity index (χ3v) is 1.63. The maximum atomic E-state index is 12.2. The second-order valence-corrected chi connectivity index (χ2v) is 2.61. The van der Waals surface area contributed by atoms with Crippen molar-refractivity contribution in [3.63, 3.8) is 0 Å². The van der Waals surface area contributed by atoms with Crippen LogP contribution in [0.1, 0.15) is 15.9 Å². The molecule has 0 bridgehead atoms. The number of nitrogens with zero attached hydrogens (tertiary/aromatic N) is 1. The molecule has 0 fully saturated rings. The van der Waals surface area contributed by atoms with Crippen molar-refractivity contribution in [2.75, 3.05) is 0 Å². The van der Waals surface area contributed by atoms with E-state index in [1.54, 1.807) is 0 Å². The summed E-state index contributed by atoms with van der Waals surface area (Å²) in [4.78, 5) is 13.6. The first kappa shape index (κ1) is 9.98. The molecule has 1 aromatic rings.